The number of hydrogen-bond acceptors (Lipinski definition) is 5. The van der Waals surface area contributed by atoms with Gasteiger partial charge in [0.15, 0.2) is 0 Å². The Morgan fingerprint density at radius 3 is 2.17 bits per heavy atom. The highest BCUT2D eigenvalue weighted by molar-refractivity contribution is 7.89. The molecule has 1 aliphatic heterocycles. The number of sulfonamides is 1. The van der Waals surface area contributed by atoms with Crippen LogP contribution in [-0.4, -0.2) is 87.0 Å². The van der Waals surface area contributed by atoms with Crippen molar-refractivity contribution in [2.75, 3.05) is 53.4 Å². The topological polar surface area (TPSA) is 81.2 Å². The Morgan fingerprint density at radius 2 is 1.70 bits per heavy atom. The van der Waals surface area contributed by atoms with E-state index >= 15 is 0 Å². The van der Waals surface area contributed by atoms with Crippen LogP contribution in [0, 0.1) is 0 Å². The second-order valence-corrected chi connectivity index (χ2v) is 7.82. The van der Waals surface area contributed by atoms with Crippen LogP contribution >= 0.6 is 0 Å². The van der Waals surface area contributed by atoms with Gasteiger partial charge in [-0.05, 0) is 24.3 Å². The maximum Gasteiger partial charge on any atom is 0.253 e. The minimum absolute atomic E-state index is 0.0950. The molecule has 0 aromatic heterocycles. The predicted molar refractivity (Wildman–Crippen MR) is 86.7 cm³/mol. The maximum atomic E-state index is 12.5. The molecule has 0 saturated carbocycles. The molecule has 1 N–H and O–H groups in total. The van der Waals surface area contributed by atoms with E-state index in [9.17, 15) is 13.2 Å². The molecular weight excluding hydrogens is 318 g/mol. The molecule has 0 spiro atoms. The first kappa shape index (κ1) is 17.9. The summed E-state index contributed by atoms with van der Waals surface area (Å²) in [5, 5.41) is 8.93. The maximum absolute atomic E-state index is 12.5. The summed E-state index contributed by atoms with van der Waals surface area (Å²) in [6.07, 6.45) is 0. The van der Waals surface area contributed by atoms with Gasteiger partial charge in [-0.2, -0.15) is 0 Å². The van der Waals surface area contributed by atoms with Crippen LogP contribution in [0.25, 0.3) is 0 Å². The number of amides is 1. The van der Waals surface area contributed by atoms with E-state index in [0.717, 1.165) is 17.4 Å². The van der Waals surface area contributed by atoms with Crippen molar-refractivity contribution >= 4 is 15.9 Å². The third-order valence-corrected chi connectivity index (χ3v) is 5.78. The summed E-state index contributed by atoms with van der Waals surface area (Å²) in [7, 11) is -0.535. The minimum atomic E-state index is -3.48. The monoisotopic (exact) mass is 341 g/mol. The summed E-state index contributed by atoms with van der Waals surface area (Å²) in [5.74, 6) is -0.0950. The lowest BCUT2D eigenvalue weighted by atomic mass is 10.2. The molecule has 0 unspecified atom stereocenters. The normalized spacial score (nSPS) is 16.8. The fraction of sp³-hybridized carbons (Fsp3) is 0.533. The van der Waals surface area contributed by atoms with E-state index in [-0.39, 0.29) is 17.4 Å². The van der Waals surface area contributed by atoms with Gasteiger partial charge in [0.1, 0.15) is 0 Å². The van der Waals surface area contributed by atoms with Gasteiger partial charge in [-0.3, -0.25) is 9.69 Å². The van der Waals surface area contributed by atoms with Crippen molar-refractivity contribution in [2.45, 2.75) is 4.90 Å². The average Bonchev–Trinajstić information content (AvgIpc) is 2.55. The molecule has 1 saturated heterocycles. The SMILES string of the molecule is CN(C)S(=O)(=O)c1ccc(C(=O)N2CCN(CCO)CC2)cc1. The smallest absolute Gasteiger partial charge is 0.253 e. The zero-order valence-corrected chi connectivity index (χ0v) is 14.3. The van der Waals surface area contributed by atoms with Gasteiger partial charge < -0.3 is 10.0 Å². The van der Waals surface area contributed by atoms with Crippen molar-refractivity contribution in [2.24, 2.45) is 0 Å². The fourth-order valence-corrected chi connectivity index (χ4v) is 3.38. The summed E-state index contributed by atoms with van der Waals surface area (Å²) in [6, 6.07) is 6.03. The second kappa shape index (κ2) is 7.39. The van der Waals surface area contributed by atoms with Crippen LogP contribution in [0.5, 0.6) is 0 Å². The van der Waals surface area contributed by atoms with Gasteiger partial charge in [0, 0.05) is 52.4 Å². The van der Waals surface area contributed by atoms with Crippen molar-refractivity contribution in [1.82, 2.24) is 14.1 Å². The number of nitrogens with zero attached hydrogens (tertiary/aromatic N) is 3. The molecule has 1 aliphatic rings. The third kappa shape index (κ3) is 4.08. The van der Waals surface area contributed by atoms with Crippen molar-refractivity contribution < 1.29 is 18.3 Å². The van der Waals surface area contributed by atoms with E-state index in [0.29, 0.717) is 25.2 Å². The lowest BCUT2D eigenvalue weighted by Crippen LogP contribution is -2.49. The Morgan fingerprint density at radius 1 is 1.13 bits per heavy atom. The second-order valence-electron chi connectivity index (χ2n) is 5.67. The first-order valence-electron chi connectivity index (χ1n) is 7.51. The summed E-state index contributed by atoms with van der Waals surface area (Å²) >= 11 is 0. The molecule has 1 amide bonds. The number of aliphatic hydroxyl groups excluding tert-OH is 1. The van der Waals surface area contributed by atoms with Crippen molar-refractivity contribution in [3.8, 4) is 0 Å². The number of piperazine rings is 1. The largest absolute Gasteiger partial charge is 0.395 e. The number of rotatable bonds is 5. The van der Waals surface area contributed by atoms with Crippen LogP contribution < -0.4 is 0 Å². The summed E-state index contributed by atoms with van der Waals surface area (Å²) in [5.41, 5.74) is 0.485. The Balaban J connectivity index is 2.04. The third-order valence-electron chi connectivity index (χ3n) is 3.96. The predicted octanol–water partition coefficient (Wildman–Crippen LogP) is -0.313. The summed E-state index contributed by atoms with van der Waals surface area (Å²) in [4.78, 5) is 16.5. The van der Waals surface area contributed by atoms with Crippen molar-refractivity contribution in [1.29, 1.82) is 0 Å². The lowest BCUT2D eigenvalue weighted by Gasteiger charge is -2.34. The van der Waals surface area contributed by atoms with Crippen LogP contribution in [0.4, 0.5) is 0 Å². The van der Waals surface area contributed by atoms with Gasteiger partial charge in [-0.25, -0.2) is 12.7 Å². The van der Waals surface area contributed by atoms with Gasteiger partial charge in [0.05, 0.1) is 11.5 Å². The first-order valence-corrected chi connectivity index (χ1v) is 8.95. The molecule has 23 heavy (non-hydrogen) atoms. The van der Waals surface area contributed by atoms with Crippen molar-refractivity contribution in [3.05, 3.63) is 29.8 Å². The van der Waals surface area contributed by atoms with Crippen LogP contribution in [0.15, 0.2) is 29.2 Å². The number of aliphatic hydroxyl groups is 1. The van der Waals surface area contributed by atoms with E-state index in [4.69, 9.17) is 5.11 Å². The summed E-state index contributed by atoms with van der Waals surface area (Å²) < 4.78 is 25.2. The molecule has 8 heteroatoms. The van der Waals surface area contributed by atoms with E-state index in [1.54, 1.807) is 17.0 Å². The molecule has 1 aromatic rings. The van der Waals surface area contributed by atoms with E-state index in [1.807, 2.05) is 0 Å². The Bertz CT molecular complexity index is 635. The Labute approximate surface area is 137 Å². The van der Waals surface area contributed by atoms with E-state index in [1.165, 1.54) is 26.2 Å². The molecule has 7 nitrogen and oxygen atoms in total. The van der Waals surface area contributed by atoms with Crippen molar-refractivity contribution in [3.63, 3.8) is 0 Å². The number of hydrogen-bond donors (Lipinski definition) is 1. The molecule has 0 bridgehead atoms. The molecule has 0 atom stereocenters. The first-order chi connectivity index (χ1) is 10.9. The quantitative estimate of drug-likeness (QED) is 0.794. The Kier molecular flexibility index (Phi) is 5.74. The standard InChI is InChI=1S/C15H23N3O4S/c1-16(2)23(21,22)14-5-3-13(4-6-14)15(20)18-9-7-17(8-10-18)11-12-19/h3-6,19H,7-12H2,1-2H3. The van der Waals surface area contributed by atoms with Gasteiger partial charge in [0.25, 0.3) is 5.91 Å². The molecule has 2 rings (SSSR count). The fourth-order valence-electron chi connectivity index (χ4n) is 2.48. The lowest BCUT2D eigenvalue weighted by molar-refractivity contribution is 0.0615. The van der Waals surface area contributed by atoms with Crippen LogP contribution in [-0.2, 0) is 10.0 Å². The highest BCUT2D eigenvalue weighted by Crippen LogP contribution is 2.15. The molecule has 1 aromatic carbocycles. The highest BCUT2D eigenvalue weighted by atomic mass is 32.2. The highest BCUT2D eigenvalue weighted by Gasteiger charge is 2.23. The minimum Gasteiger partial charge on any atom is -0.395 e. The number of benzene rings is 1. The van der Waals surface area contributed by atoms with Gasteiger partial charge >= 0.3 is 0 Å². The van der Waals surface area contributed by atoms with Gasteiger partial charge in [-0.15, -0.1) is 0 Å². The molecule has 0 aliphatic carbocycles. The zero-order valence-electron chi connectivity index (χ0n) is 13.5. The number of carbonyl (C=O) groups is 1. The van der Waals surface area contributed by atoms with Crippen LogP contribution in [0.2, 0.25) is 0 Å². The molecule has 1 heterocycles. The molecule has 128 valence electrons. The van der Waals surface area contributed by atoms with Crippen LogP contribution in [0.1, 0.15) is 10.4 Å². The number of β-amino-alcohol motifs (C(OH)–C–C–N with tert-alkyl or cyclic N) is 1. The average molecular weight is 341 g/mol. The Hall–Kier alpha value is -1.48. The summed E-state index contributed by atoms with van der Waals surface area (Å²) in [6.45, 7) is 3.43. The zero-order chi connectivity index (χ0) is 17.0. The van der Waals surface area contributed by atoms with E-state index in [2.05, 4.69) is 4.90 Å². The van der Waals surface area contributed by atoms with Gasteiger partial charge in [-0.1, -0.05) is 0 Å². The number of carbonyl (C=O) groups excluding carboxylic acids is 1. The van der Waals surface area contributed by atoms with Gasteiger partial charge in [0.2, 0.25) is 10.0 Å². The molecular formula is C15H23N3O4S. The van der Waals surface area contributed by atoms with E-state index < -0.39 is 10.0 Å². The van der Waals surface area contributed by atoms with Crippen LogP contribution in [0.3, 0.4) is 0 Å². The molecule has 1 fully saturated rings. The molecule has 0 radical (unpaired) electrons.